The van der Waals surface area contributed by atoms with Crippen molar-refractivity contribution in [2.75, 3.05) is 0 Å². The Morgan fingerprint density at radius 3 is 2.21 bits per heavy atom. The minimum absolute atomic E-state index is 0. The molecule has 3 heteroatoms. The molecule has 0 radical (unpaired) electrons. The Balaban J connectivity index is 0.00000169. The molecular formula is C11H17NOW. The second-order valence-electron chi connectivity index (χ2n) is 3.92. The van der Waals surface area contributed by atoms with Crippen LogP contribution in [0.3, 0.4) is 0 Å². The zero-order valence-electron chi connectivity index (χ0n) is 9.15. The SMILES string of the molecule is CC(C)c1cccn(C(C)C)c1=O.[W]. The van der Waals surface area contributed by atoms with E-state index in [4.69, 9.17) is 0 Å². The summed E-state index contributed by atoms with van der Waals surface area (Å²) >= 11 is 0. The molecule has 1 rings (SSSR count). The average Bonchev–Trinajstić information content (AvgIpc) is 2.03. The van der Waals surface area contributed by atoms with Crippen molar-refractivity contribution in [2.45, 2.75) is 39.7 Å². The summed E-state index contributed by atoms with van der Waals surface area (Å²) in [5.41, 5.74) is 1.05. The van der Waals surface area contributed by atoms with Gasteiger partial charge in [0.05, 0.1) is 0 Å². The van der Waals surface area contributed by atoms with Crippen molar-refractivity contribution in [1.82, 2.24) is 4.57 Å². The van der Waals surface area contributed by atoms with E-state index in [1.54, 1.807) is 4.57 Å². The molecular weight excluding hydrogens is 346 g/mol. The molecule has 0 aliphatic heterocycles. The van der Waals surface area contributed by atoms with Crippen molar-refractivity contribution in [3.8, 4) is 0 Å². The zero-order chi connectivity index (χ0) is 10.0. The second-order valence-corrected chi connectivity index (χ2v) is 3.92. The fraction of sp³-hybridized carbons (Fsp3) is 0.545. The first kappa shape index (κ1) is 13.6. The van der Waals surface area contributed by atoms with Crippen LogP contribution in [0.15, 0.2) is 23.1 Å². The molecule has 0 N–H and O–H groups in total. The predicted molar refractivity (Wildman–Crippen MR) is 55.2 cm³/mol. The number of nitrogens with zero attached hydrogens (tertiary/aromatic N) is 1. The minimum atomic E-state index is 0. The average molecular weight is 363 g/mol. The fourth-order valence-electron chi connectivity index (χ4n) is 1.37. The van der Waals surface area contributed by atoms with Gasteiger partial charge in [-0.1, -0.05) is 19.9 Å². The molecule has 1 aromatic heterocycles. The Hall–Kier alpha value is -0.362. The molecule has 1 heterocycles. The van der Waals surface area contributed by atoms with Crippen LogP contribution < -0.4 is 5.56 Å². The number of rotatable bonds is 2. The molecule has 0 atom stereocenters. The predicted octanol–water partition coefficient (Wildman–Crippen LogP) is 2.55. The van der Waals surface area contributed by atoms with E-state index in [9.17, 15) is 4.79 Å². The Morgan fingerprint density at radius 2 is 1.79 bits per heavy atom. The normalized spacial score (nSPS) is 10.4. The summed E-state index contributed by atoms with van der Waals surface area (Å²) in [6.07, 6.45) is 1.85. The first-order chi connectivity index (χ1) is 6.04. The molecule has 78 valence electrons. The number of hydrogen-bond donors (Lipinski definition) is 0. The van der Waals surface area contributed by atoms with Crippen molar-refractivity contribution < 1.29 is 21.1 Å². The largest absolute Gasteiger partial charge is 0.313 e. The van der Waals surface area contributed by atoms with Crippen LogP contribution in [0.25, 0.3) is 0 Å². The molecule has 1 aromatic rings. The van der Waals surface area contributed by atoms with Crippen molar-refractivity contribution >= 4 is 0 Å². The van der Waals surface area contributed by atoms with Crippen molar-refractivity contribution in [3.05, 3.63) is 34.2 Å². The van der Waals surface area contributed by atoms with Crippen LogP contribution in [0.1, 0.15) is 45.2 Å². The molecule has 0 fully saturated rings. The van der Waals surface area contributed by atoms with Gasteiger partial charge < -0.3 is 4.57 Å². The summed E-state index contributed by atoms with van der Waals surface area (Å²) in [6.45, 7) is 8.12. The van der Waals surface area contributed by atoms with Gasteiger partial charge >= 0.3 is 0 Å². The van der Waals surface area contributed by atoms with Crippen molar-refractivity contribution in [3.63, 3.8) is 0 Å². The summed E-state index contributed by atoms with van der Waals surface area (Å²) in [5, 5.41) is 0. The summed E-state index contributed by atoms with van der Waals surface area (Å²) in [7, 11) is 0. The van der Waals surface area contributed by atoms with E-state index in [1.165, 1.54) is 0 Å². The Bertz CT molecular complexity index is 312. The zero-order valence-corrected chi connectivity index (χ0v) is 12.1. The maximum atomic E-state index is 11.8. The van der Waals surface area contributed by atoms with Gasteiger partial charge in [0, 0.05) is 38.9 Å². The molecule has 0 bridgehead atoms. The topological polar surface area (TPSA) is 22.0 Å². The van der Waals surface area contributed by atoms with Gasteiger partial charge in [0.2, 0.25) is 0 Å². The monoisotopic (exact) mass is 363 g/mol. The summed E-state index contributed by atoms with van der Waals surface area (Å²) in [5.74, 6) is 0.304. The van der Waals surface area contributed by atoms with Crippen LogP contribution in [0.5, 0.6) is 0 Å². The molecule has 0 saturated heterocycles. The molecule has 0 saturated carbocycles. The molecule has 2 nitrogen and oxygen atoms in total. The van der Waals surface area contributed by atoms with Gasteiger partial charge in [-0.25, -0.2) is 0 Å². The molecule has 0 aliphatic rings. The van der Waals surface area contributed by atoms with Gasteiger partial charge in [-0.2, -0.15) is 0 Å². The van der Waals surface area contributed by atoms with E-state index in [2.05, 4.69) is 0 Å². The third-order valence-corrected chi connectivity index (χ3v) is 2.18. The van der Waals surface area contributed by atoms with Crippen LogP contribution in [0.4, 0.5) is 0 Å². The van der Waals surface area contributed by atoms with Crippen LogP contribution in [0.2, 0.25) is 0 Å². The van der Waals surface area contributed by atoms with Gasteiger partial charge in [0.25, 0.3) is 5.56 Å². The Labute approximate surface area is 99.6 Å². The third-order valence-electron chi connectivity index (χ3n) is 2.18. The van der Waals surface area contributed by atoms with E-state index in [0.717, 1.165) is 5.56 Å². The molecule has 0 spiro atoms. The standard InChI is InChI=1S/C11H17NO.W/c1-8(2)10-6-5-7-12(9(3)4)11(10)13;/h5-9H,1-4H3;. The van der Waals surface area contributed by atoms with Gasteiger partial charge in [-0.05, 0) is 25.8 Å². The van der Waals surface area contributed by atoms with Crippen molar-refractivity contribution in [2.24, 2.45) is 0 Å². The fourth-order valence-corrected chi connectivity index (χ4v) is 1.37. The van der Waals surface area contributed by atoms with Gasteiger partial charge in [-0.15, -0.1) is 0 Å². The van der Waals surface area contributed by atoms with Crippen LogP contribution in [-0.2, 0) is 21.1 Å². The van der Waals surface area contributed by atoms with Gasteiger partial charge in [0.1, 0.15) is 0 Å². The molecule has 14 heavy (non-hydrogen) atoms. The summed E-state index contributed by atoms with van der Waals surface area (Å²) in [4.78, 5) is 11.8. The van der Waals surface area contributed by atoms with Crippen LogP contribution in [-0.4, -0.2) is 4.57 Å². The number of hydrogen-bond acceptors (Lipinski definition) is 1. The molecule has 0 aliphatic carbocycles. The first-order valence-corrected chi connectivity index (χ1v) is 4.75. The van der Waals surface area contributed by atoms with Crippen LogP contribution in [0, 0.1) is 0 Å². The maximum Gasteiger partial charge on any atom is 0.254 e. The Kier molecular flexibility index (Phi) is 5.36. The smallest absolute Gasteiger partial charge is 0.254 e. The summed E-state index contributed by atoms with van der Waals surface area (Å²) < 4.78 is 1.77. The molecule has 0 aromatic carbocycles. The number of pyridine rings is 1. The van der Waals surface area contributed by atoms with Gasteiger partial charge in [-0.3, -0.25) is 4.79 Å². The quantitative estimate of drug-likeness (QED) is 0.792. The van der Waals surface area contributed by atoms with Gasteiger partial charge in [0.15, 0.2) is 0 Å². The van der Waals surface area contributed by atoms with E-state index >= 15 is 0 Å². The minimum Gasteiger partial charge on any atom is -0.313 e. The summed E-state index contributed by atoms with van der Waals surface area (Å²) in [6, 6.07) is 4.09. The van der Waals surface area contributed by atoms with Crippen LogP contribution >= 0.6 is 0 Å². The third kappa shape index (κ3) is 2.81. The van der Waals surface area contributed by atoms with E-state index < -0.39 is 0 Å². The van der Waals surface area contributed by atoms with E-state index in [0.29, 0.717) is 5.92 Å². The van der Waals surface area contributed by atoms with E-state index in [1.807, 2.05) is 46.0 Å². The maximum absolute atomic E-state index is 11.8. The van der Waals surface area contributed by atoms with Crippen molar-refractivity contribution in [1.29, 1.82) is 0 Å². The number of aromatic nitrogens is 1. The molecule has 0 amide bonds. The molecule has 0 unspecified atom stereocenters. The Morgan fingerprint density at radius 1 is 1.21 bits per heavy atom. The second kappa shape index (κ2) is 5.50. The van der Waals surface area contributed by atoms with E-state index in [-0.39, 0.29) is 32.7 Å². The first-order valence-electron chi connectivity index (χ1n) is 4.75.